The SMILES string of the molecule is CC(C)c1ccc2[nH]cnc(=S)c2c1. The van der Waals surface area contributed by atoms with Crippen molar-refractivity contribution < 1.29 is 0 Å². The van der Waals surface area contributed by atoms with Crippen molar-refractivity contribution >= 4 is 23.1 Å². The molecule has 14 heavy (non-hydrogen) atoms. The van der Waals surface area contributed by atoms with Gasteiger partial charge in [0.2, 0.25) is 0 Å². The first kappa shape index (κ1) is 9.34. The van der Waals surface area contributed by atoms with Crippen LogP contribution in [0.4, 0.5) is 0 Å². The molecule has 72 valence electrons. The molecule has 0 aliphatic heterocycles. The molecule has 0 saturated heterocycles. The van der Waals surface area contributed by atoms with E-state index in [1.54, 1.807) is 6.33 Å². The van der Waals surface area contributed by atoms with Crippen molar-refractivity contribution in [1.29, 1.82) is 0 Å². The van der Waals surface area contributed by atoms with Crippen LogP contribution < -0.4 is 0 Å². The zero-order valence-corrected chi connectivity index (χ0v) is 9.06. The normalized spacial score (nSPS) is 11.1. The molecule has 0 bridgehead atoms. The molecular weight excluding hydrogens is 192 g/mol. The second kappa shape index (κ2) is 3.50. The molecule has 0 fully saturated rings. The van der Waals surface area contributed by atoms with Gasteiger partial charge in [0, 0.05) is 10.9 Å². The topological polar surface area (TPSA) is 28.7 Å². The molecule has 0 spiro atoms. The van der Waals surface area contributed by atoms with Crippen LogP contribution in [0.25, 0.3) is 10.9 Å². The summed E-state index contributed by atoms with van der Waals surface area (Å²) in [6.45, 7) is 4.34. The largest absolute Gasteiger partial charge is 0.346 e. The highest BCUT2D eigenvalue weighted by atomic mass is 32.1. The highest BCUT2D eigenvalue weighted by Crippen LogP contribution is 2.19. The molecular formula is C11H12N2S. The van der Waals surface area contributed by atoms with Gasteiger partial charge in [-0.1, -0.05) is 32.1 Å². The molecule has 0 saturated carbocycles. The van der Waals surface area contributed by atoms with Crippen molar-refractivity contribution in [1.82, 2.24) is 9.97 Å². The van der Waals surface area contributed by atoms with Crippen LogP contribution in [0.15, 0.2) is 24.5 Å². The molecule has 0 aliphatic rings. The molecule has 1 aromatic heterocycles. The van der Waals surface area contributed by atoms with Gasteiger partial charge in [-0.2, -0.15) is 0 Å². The van der Waals surface area contributed by atoms with Gasteiger partial charge >= 0.3 is 0 Å². The van der Waals surface area contributed by atoms with Crippen molar-refractivity contribution in [3.05, 3.63) is 34.7 Å². The summed E-state index contributed by atoms with van der Waals surface area (Å²) >= 11 is 5.17. The van der Waals surface area contributed by atoms with Crippen LogP contribution in [-0.4, -0.2) is 9.97 Å². The highest BCUT2D eigenvalue weighted by molar-refractivity contribution is 7.71. The molecule has 2 nitrogen and oxygen atoms in total. The predicted octanol–water partition coefficient (Wildman–Crippen LogP) is 3.42. The van der Waals surface area contributed by atoms with Gasteiger partial charge in [0.1, 0.15) is 4.64 Å². The zero-order chi connectivity index (χ0) is 10.1. The third kappa shape index (κ3) is 1.55. The summed E-state index contributed by atoms with van der Waals surface area (Å²) in [6, 6.07) is 6.30. The van der Waals surface area contributed by atoms with E-state index in [4.69, 9.17) is 12.2 Å². The van der Waals surface area contributed by atoms with E-state index in [0.29, 0.717) is 10.6 Å². The number of fused-ring (bicyclic) bond motifs is 1. The molecule has 2 rings (SSSR count). The maximum absolute atomic E-state index is 5.17. The van der Waals surface area contributed by atoms with E-state index < -0.39 is 0 Å². The fourth-order valence-corrected chi connectivity index (χ4v) is 1.68. The van der Waals surface area contributed by atoms with Gasteiger partial charge in [-0.05, 0) is 23.6 Å². The second-order valence-electron chi connectivity index (χ2n) is 3.67. The van der Waals surface area contributed by atoms with Gasteiger partial charge in [-0.3, -0.25) is 0 Å². The quantitative estimate of drug-likeness (QED) is 0.721. The molecule has 2 aromatic rings. The number of nitrogens with one attached hydrogen (secondary N) is 1. The number of hydrogen-bond donors (Lipinski definition) is 1. The number of aromatic nitrogens is 2. The molecule has 0 amide bonds. The van der Waals surface area contributed by atoms with Crippen molar-refractivity contribution in [2.45, 2.75) is 19.8 Å². The first-order chi connectivity index (χ1) is 6.68. The zero-order valence-electron chi connectivity index (χ0n) is 8.24. The Balaban J connectivity index is 2.76. The van der Waals surface area contributed by atoms with E-state index >= 15 is 0 Å². The number of nitrogens with zero attached hydrogens (tertiary/aromatic N) is 1. The van der Waals surface area contributed by atoms with E-state index in [1.807, 2.05) is 0 Å². The van der Waals surface area contributed by atoms with Crippen LogP contribution >= 0.6 is 12.2 Å². The number of H-pyrrole nitrogens is 1. The summed E-state index contributed by atoms with van der Waals surface area (Å²) in [6.07, 6.45) is 1.64. The van der Waals surface area contributed by atoms with Gasteiger partial charge in [0.25, 0.3) is 0 Å². The monoisotopic (exact) mass is 204 g/mol. The lowest BCUT2D eigenvalue weighted by molar-refractivity contribution is 0.868. The van der Waals surface area contributed by atoms with Gasteiger partial charge in [-0.25, -0.2) is 4.98 Å². The molecule has 1 N–H and O–H groups in total. The van der Waals surface area contributed by atoms with Crippen molar-refractivity contribution in [2.24, 2.45) is 0 Å². The van der Waals surface area contributed by atoms with Gasteiger partial charge < -0.3 is 4.98 Å². The maximum Gasteiger partial charge on any atom is 0.137 e. The lowest BCUT2D eigenvalue weighted by atomic mass is 10.0. The summed E-state index contributed by atoms with van der Waals surface area (Å²) in [5.41, 5.74) is 2.35. The van der Waals surface area contributed by atoms with Crippen LogP contribution in [-0.2, 0) is 0 Å². The Morgan fingerprint density at radius 3 is 2.86 bits per heavy atom. The van der Waals surface area contributed by atoms with E-state index in [1.165, 1.54) is 5.56 Å². The maximum atomic E-state index is 5.17. The van der Waals surface area contributed by atoms with E-state index in [-0.39, 0.29) is 0 Å². The third-order valence-electron chi connectivity index (χ3n) is 2.34. The molecule has 0 atom stereocenters. The lowest BCUT2D eigenvalue weighted by Gasteiger charge is -2.06. The summed E-state index contributed by atoms with van der Waals surface area (Å²) in [7, 11) is 0. The first-order valence-corrected chi connectivity index (χ1v) is 5.06. The minimum Gasteiger partial charge on any atom is -0.346 e. The molecule has 1 aromatic carbocycles. The first-order valence-electron chi connectivity index (χ1n) is 4.66. The minimum absolute atomic E-state index is 0.522. The Kier molecular flexibility index (Phi) is 2.33. The van der Waals surface area contributed by atoms with E-state index in [9.17, 15) is 0 Å². The Morgan fingerprint density at radius 2 is 2.14 bits per heavy atom. The number of aromatic amines is 1. The number of benzene rings is 1. The summed E-state index contributed by atoms with van der Waals surface area (Å²) in [5.74, 6) is 0.522. The fraction of sp³-hybridized carbons (Fsp3) is 0.273. The molecule has 1 heterocycles. The second-order valence-corrected chi connectivity index (χ2v) is 4.05. The van der Waals surface area contributed by atoms with Gasteiger partial charge in [-0.15, -0.1) is 0 Å². The smallest absolute Gasteiger partial charge is 0.137 e. The van der Waals surface area contributed by atoms with Crippen LogP contribution in [0.3, 0.4) is 0 Å². The average Bonchev–Trinajstić information content (AvgIpc) is 2.18. The minimum atomic E-state index is 0.522. The Labute approximate surface area is 88.0 Å². The highest BCUT2D eigenvalue weighted by Gasteiger charge is 2.01. The Bertz CT molecular complexity index is 514. The fourth-order valence-electron chi connectivity index (χ4n) is 1.45. The summed E-state index contributed by atoms with van der Waals surface area (Å²) in [5, 5.41) is 1.04. The number of hydrogen-bond acceptors (Lipinski definition) is 2. The van der Waals surface area contributed by atoms with Gasteiger partial charge in [0.05, 0.1) is 6.33 Å². The standard InChI is InChI=1S/C11H12N2S/c1-7(2)8-3-4-10-9(5-8)11(14)13-6-12-10/h3-7H,1-2H3,(H,12,13,14). The van der Waals surface area contributed by atoms with E-state index in [2.05, 4.69) is 42.0 Å². The van der Waals surface area contributed by atoms with Crippen molar-refractivity contribution in [3.63, 3.8) is 0 Å². The molecule has 0 radical (unpaired) electrons. The predicted molar refractivity (Wildman–Crippen MR) is 61.0 cm³/mol. The lowest BCUT2D eigenvalue weighted by Crippen LogP contribution is -1.89. The van der Waals surface area contributed by atoms with Gasteiger partial charge in [0.15, 0.2) is 0 Å². The Hall–Kier alpha value is -1.22. The average molecular weight is 204 g/mol. The van der Waals surface area contributed by atoms with Crippen LogP contribution in [0.2, 0.25) is 0 Å². The van der Waals surface area contributed by atoms with E-state index in [0.717, 1.165) is 10.9 Å². The van der Waals surface area contributed by atoms with Crippen molar-refractivity contribution in [3.8, 4) is 0 Å². The summed E-state index contributed by atoms with van der Waals surface area (Å²) in [4.78, 5) is 7.15. The molecule has 3 heteroatoms. The van der Waals surface area contributed by atoms with Crippen LogP contribution in [0, 0.1) is 4.64 Å². The van der Waals surface area contributed by atoms with Crippen LogP contribution in [0.5, 0.6) is 0 Å². The Morgan fingerprint density at radius 1 is 1.36 bits per heavy atom. The molecule has 0 unspecified atom stereocenters. The van der Waals surface area contributed by atoms with Crippen LogP contribution in [0.1, 0.15) is 25.3 Å². The summed E-state index contributed by atoms with van der Waals surface area (Å²) < 4.78 is 0.668. The number of rotatable bonds is 1. The third-order valence-corrected chi connectivity index (χ3v) is 2.67. The van der Waals surface area contributed by atoms with Crippen molar-refractivity contribution in [2.75, 3.05) is 0 Å². The molecule has 0 aliphatic carbocycles.